The molecule has 0 fully saturated rings. The van der Waals surface area contributed by atoms with E-state index >= 15 is 0 Å². The van der Waals surface area contributed by atoms with Gasteiger partial charge in [0.05, 0.1) is 21.2 Å². The lowest BCUT2D eigenvalue weighted by atomic mass is 10.1. The van der Waals surface area contributed by atoms with Gasteiger partial charge < -0.3 is 5.32 Å². The van der Waals surface area contributed by atoms with Crippen molar-refractivity contribution in [3.63, 3.8) is 0 Å². The molecule has 2 rings (SSSR count). The normalized spacial score (nSPS) is 12.0. The molecule has 0 atom stereocenters. The Morgan fingerprint density at radius 3 is 2.27 bits per heavy atom. The molecule has 0 aliphatic carbocycles. The SMILES string of the molecule is NS(=O)(=O)c1ccc(CCC(=O)Nc2cc(C(F)(F)F)ccc2Cl)cc1. The van der Waals surface area contributed by atoms with Crippen molar-refractivity contribution in [2.45, 2.75) is 23.9 Å². The van der Waals surface area contributed by atoms with Crippen LogP contribution in [0.3, 0.4) is 0 Å². The number of carbonyl (C=O) groups is 1. The maximum absolute atomic E-state index is 12.7. The Morgan fingerprint density at radius 1 is 1.12 bits per heavy atom. The van der Waals surface area contributed by atoms with Crippen LogP contribution >= 0.6 is 11.6 Å². The van der Waals surface area contributed by atoms with Crippen LogP contribution in [-0.4, -0.2) is 14.3 Å². The summed E-state index contributed by atoms with van der Waals surface area (Å²) in [5, 5.41) is 7.32. The molecule has 2 aromatic carbocycles. The second-order valence-electron chi connectivity index (χ2n) is 5.43. The average Bonchev–Trinajstić information content (AvgIpc) is 2.53. The van der Waals surface area contributed by atoms with Gasteiger partial charge in [-0.1, -0.05) is 23.7 Å². The lowest BCUT2D eigenvalue weighted by molar-refractivity contribution is -0.137. The number of nitrogens with two attached hydrogens (primary N) is 1. The highest BCUT2D eigenvalue weighted by atomic mass is 35.5. The van der Waals surface area contributed by atoms with E-state index in [-0.39, 0.29) is 28.4 Å². The Hall–Kier alpha value is -2.10. The third-order valence-electron chi connectivity index (χ3n) is 3.46. The van der Waals surface area contributed by atoms with E-state index in [0.29, 0.717) is 5.56 Å². The standard InChI is InChI=1S/C16H14ClF3N2O3S/c17-13-7-4-11(16(18,19)20)9-14(13)22-15(23)8-3-10-1-5-12(6-2-10)26(21,24)25/h1-2,4-7,9H,3,8H2,(H,22,23)(H2,21,24,25). The highest BCUT2D eigenvalue weighted by Gasteiger charge is 2.31. The predicted molar refractivity (Wildman–Crippen MR) is 91.2 cm³/mol. The van der Waals surface area contributed by atoms with Crippen LogP contribution in [0.5, 0.6) is 0 Å². The molecule has 1 amide bonds. The molecule has 0 saturated carbocycles. The van der Waals surface area contributed by atoms with Crippen molar-refractivity contribution in [3.8, 4) is 0 Å². The molecular weight excluding hydrogens is 393 g/mol. The first-order valence-corrected chi connectivity index (χ1v) is 9.17. The predicted octanol–water partition coefficient (Wildman–Crippen LogP) is 3.58. The number of hydrogen-bond donors (Lipinski definition) is 2. The average molecular weight is 407 g/mol. The first kappa shape index (κ1) is 20.2. The molecule has 2 aromatic rings. The number of alkyl halides is 3. The van der Waals surface area contributed by atoms with Crippen LogP contribution in [0.1, 0.15) is 17.5 Å². The zero-order valence-electron chi connectivity index (χ0n) is 13.2. The van der Waals surface area contributed by atoms with E-state index in [9.17, 15) is 26.4 Å². The van der Waals surface area contributed by atoms with Gasteiger partial charge in [-0.3, -0.25) is 4.79 Å². The second kappa shape index (κ2) is 7.65. The van der Waals surface area contributed by atoms with Crippen molar-refractivity contribution in [2.24, 2.45) is 5.14 Å². The fourth-order valence-electron chi connectivity index (χ4n) is 2.11. The summed E-state index contributed by atoms with van der Waals surface area (Å²) in [5.74, 6) is -0.526. The summed E-state index contributed by atoms with van der Waals surface area (Å²) in [5.41, 5.74) is -0.380. The lowest BCUT2D eigenvalue weighted by Gasteiger charge is -2.11. The van der Waals surface area contributed by atoms with Crippen molar-refractivity contribution in [3.05, 3.63) is 58.6 Å². The molecule has 140 valence electrons. The summed E-state index contributed by atoms with van der Waals surface area (Å²) in [7, 11) is -3.80. The molecular formula is C16H14ClF3N2O3S. The summed E-state index contributed by atoms with van der Waals surface area (Å²) < 4.78 is 60.5. The second-order valence-corrected chi connectivity index (χ2v) is 7.40. The van der Waals surface area contributed by atoms with Crippen molar-refractivity contribution in [2.75, 3.05) is 5.32 Å². The molecule has 0 unspecified atom stereocenters. The Labute approximate surface area is 153 Å². The van der Waals surface area contributed by atoms with Gasteiger partial charge in [-0.05, 0) is 42.3 Å². The van der Waals surface area contributed by atoms with Crippen molar-refractivity contribution >= 4 is 33.2 Å². The van der Waals surface area contributed by atoms with Gasteiger partial charge in [-0.25, -0.2) is 13.6 Å². The molecule has 0 aliphatic heterocycles. The van der Waals surface area contributed by atoms with E-state index in [2.05, 4.69) is 5.32 Å². The zero-order chi connectivity index (χ0) is 19.5. The molecule has 0 bridgehead atoms. The number of rotatable bonds is 5. The van der Waals surface area contributed by atoms with Gasteiger partial charge in [-0.15, -0.1) is 0 Å². The third-order valence-corrected chi connectivity index (χ3v) is 4.72. The van der Waals surface area contributed by atoms with Crippen LogP contribution < -0.4 is 10.5 Å². The number of amides is 1. The van der Waals surface area contributed by atoms with Gasteiger partial charge in [0, 0.05) is 6.42 Å². The van der Waals surface area contributed by atoms with E-state index in [1.165, 1.54) is 24.3 Å². The van der Waals surface area contributed by atoms with Crippen LogP contribution in [0.4, 0.5) is 18.9 Å². The minimum atomic E-state index is -4.55. The van der Waals surface area contributed by atoms with E-state index < -0.39 is 27.7 Å². The zero-order valence-corrected chi connectivity index (χ0v) is 14.8. The van der Waals surface area contributed by atoms with Crippen LogP contribution in [-0.2, 0) is 27.4 Å². The Kier molecular flexibility index (Phi) is 5.94. The lowest BCUT2D eigenvalue weighted by Crippen LogP contribution is -2.14. The minimum absolute atomic E-state index is 0.0103. The number of halogens is 4. The van der Waals surface area contributed by atoms with Gasteiger partial charge in [-0.2, -0.15) is 13.2 Å². The Balaban J connectivity index is 2.01. The van der Waals surface area contributed by atoms with Gasteiger partial charge in [0.15, 0.2) is 0 Å². The van der Waals surface area contributed by atoms with Crippen molar-refractivity contribution < 1.29 is 26.4 Å². The first-order valence-electron chi connectivity index (χ1n) is 7.25. The molecule has 26 heavy (non-hydrogen) atoms. The largest absolute Gasteiger partial charge is 0.416 e. The highest BCUT2D eigenvalue weighted by molar-refractivity contribution is 7.89. The number of primary sulfonamides is 1. The van der Waals surface area contributed by atoms with Crippen LogP contribution in [0.25, 0.3) is 0 Å². The van der Waals surface area contributed by atoms with E-state index in [1.807, 2.05) is 0 Å². The fourth-order valence-corrected chi connectivity index (χ4v) is 2.79. The quantitative estimate of drug-likeness (QED) is 0.795. The Morgan fingerprint density at radius 2 is 1.73 bits per heavy atom. The van der Waals surface area contributed by atoms with Crippen LogP contribution in [0.15, 0.2) is 47.4 Å². The molecule has 10 heteroatoms. The van der Waals surface area contributed by atoms with E-state index in [0.717, 1.165) is 18.2 Å². The van der Waals surface area contributed by atoms with Crippen molar-refractivity contribution in [1.82, 2.24) is 0 Å². The fraction of sp³-hybridized carbons (Fsp3) is 0.188. The summed E-state index contributed by atoms with van der Waals surface area (Å²) in [6.45, 7) is 0. The molecule has 5 nitrogen and oxygen atoms in total. The molecule has 0 aliphatic rings. The van der Waals surface area contributed by atoms with E-state index in [4.69, 9.17) is 16.7 Å². The summed E-state index contributed by atoms with van der Waals surface area (Å²) in [6, 6.07) is 8.28. The number of benzene rings is 2. The molecule has 0 saturated heterocycles. The first-order chi connectivity index (χ1) is 12.0. The number of nitrogens with one attached hydrogen (secondary N) is 1. The maximum Gasteiger partial charge on any atom is 0.416 e. The smallest absolute Gasteiger partial charge is 0.325 e. The summed E-state index contributed by atoms with van der Waals surface area (Å²) in [6.07, 6.45) is -4.32. The topological polar surface area (TPSA) is 89.3 Å². The van der Waals surface area contributed by atoms with Crippen molar-refractivity contribution in [1.29, 1.82) is 0 Å². The summed E-state index contributed by atoms with van der Waals surface area (Å²) >= 11 is 5.82. The molecule has 0 radical (unpaired) electrons. The molecule has 0 heterocycles. The van der Waals surface area contributed by atoms with E-state index in [1.54, 1.807) is 0 Å². The van der Waals surface area contributed by atoms with Gasteiger partial charge >= 0.3 is 6.18 Å². The monoisotopic (exact) mass is 406 g/mol. The highest BCUT2D eigenvalue weighted by Crippen LogP contribution is 2.33. The number of aryl methyl sites for hydroxylation is 1. The van der Waals surface area contributed by atoms with Gasteiger partial charge in [0.25, 0.3) is 0 Å². The molecule has 3 N–H and O–H groups in total. The molecule has 0 spiro atoms. The number of sulfonamides is 1. The van der Waals surface area contributed by atoms with Crippen LogP contribution in [0.2, 0.25) is 5.02 Å². The number of carbonyl (C=O) groups excluding carboxylic acids is 1. The Bertz CT molecular complexity index is 913. The third kappa shape index (κ3) is 5.45. The van der Waals surface area contributed by atoms with Crippen LogP contribution in [0, 0.1) is 0 Å². The molecule has 0 aromatic heterocycles. The minimum Gasteiger partial charge on any atom is -0.325 e. The number of anilines is 1. The number of hydrogen-bond acceptors (Lipinski definition) is 3. The van der Waals surface area contributed by atoms with Gasteiger partial charge in [0.1, 0.15) is 0 Å². The van der Waals surface area contributed by atoms with Gasteiger partial charge in [0.2, 0.25) is 15.9 Å². The summed E-state index contributed by atoms with van der Waals surface area (Å²) in [4.78, 5) is 11.9. The maximum atomic E-state index is 12.7.